The van der Waals surface area contributed by atoms with Crippen LogP contribution in [0, 0.1) is 29.6 Å². The Balaban J connectivity index is 0.881. The lowest BCUT2D eigenvalue weighted by molar-refractivity contribution is 0.351. The molecule has 0 fully saturated rings. The fraction of sp³-hybridized carbons (Fsp3) is 0.250. The third-order valence-electron chi connectivity index (χ3n) is 14.6. The van der Waals surface area contributed by atoms with Crippen LogP contribution in [-0.2, 0) is 0 Å². The Kier molecular flexibility index (Phi) is 13.0. The van der Waals surface area contributed by atoms with Gasteiger partial charge in [-0.05, 0) is 139 Å². The van der Waals surface area contributed by atoms with Gasteiger partial charge in [0.2, 0.25) is 0 Å². The van der Waals surface area contributed by atoms with Gasteiger partial charge in [0.1, 0.15) is 0 Å². The third kappa shape index (κ3) is 9.66. The Morgan fingerprint density at radius 3 is 2.03 bits per heavy atom. The average molecular weight is 861 g/mol. The Morgan fingerprint density at radius 1 is 0.561 bits per heavy atom. The molecule has 0 saturated heterocycles. The van der Waals surface area contributed by atoms with Crippen molar-refractivity contribution in [2.75, 3.05) is 4.90 Å². The molecule has 10 rings (SSSR count). The van der Waals surface area contributed by atoms with E-state index in [2.05, 4.69) is 249 Å². The molecule has 0 radical (unpaired) electrons. The third-order valence-corrected chi connectivity index (χ3v) is 14.6. The van der Waals surface area contributed by atoms with Crippen LogP contribution < -0.4 is 4.90 Å². The smallest absolute Gasteiger partial charge is 0.0556 e. The summed E-state index contributed by atoms with van der Waals surface area (Å²) in [5.74, 6) is 2.66. The first-order valence-corrected chi connectivity index (χ1v) is 24.6. The predicted octanol–water partition coefficient (Wildman–Crippen LogP) is 16.6. The molecule has 2 nitrogen and oxygen atoms in total. The van der Waals surface area contributed by atoms with Crippen molar-refractivity contribution in [3.05, 3.63) is 264 Å². The van der Waals surface area contributed by atoms with Gasteiger partial charge < -0.3 is 9.80 Å². The van der Waals surface area contributed by atoms with E-state index in [0.29, 0.717) is 35.5 Å². The Morgan fingerprint density at radius 2 is 1.33 bits per heavy atom. The van der Waals surface area contributed by atoms with Crippen molar-refractivity contribution in [2.45, 2.75) is 71.3 Å². The molecule has 330 valence electrons. The quantitative estimate of drug-likeness (QED) is 0.190. The van der Waals surface area contributed by atoms with Crippen LogP contribution in [0.15, 0.2) is 247 Å². The van der Waals surface area contributed by atoms with E-state index in [-0.39, 0.29) is 6.04 Å². The highest BCUT2D eigenvalue weighted by Crippen LogP contribution is 2.41. The van der Waals surface area contributed by atoms with Gasteiger partial charge in [0, 0.05) is 46.2 Å². The molecule has 7 atom stereocenters. The first-order valence-electron chi connectivity index (χ1n) is 24.6. The number of rotatable bonds is 11. The molecule has 0 amide bonds. The normalized spacial score (nSPS) is 26.7. The van der Waals surface area contributed by atoms with E-state index < -0.39 is 0 Å². The second kappa shape index (κ2) is 19.8. The number of hydrogen-bond donors (Lipinski definition) is 0. The molecule has 0 heterocycles. The highest BCUT2D eigenvalue weighted by Gasteiger charge is 2.28. The highest BCUT2D eigenvalue weighted by atomic mass is 15.2. The minimum atomic E-state index is 0.259. The van der Waals surface area contributed by atoms with E-state index in [1.165, 1.54) is 67.4 Å². The zero-order valence-corrected chi connectivity index (χ0v) is 39.0. The lowest BCUT2D eigenvalue weighted by Gasteiger charge is -2.38. The standard InChI is InChI=1S/C64H64N2/c1-46-12-7-9-17-56(44-46)53-26-38-61(39-27-53)65(58-32-20-50(21-33-58)49-15-5-4-6-16-49)59-34-22-51(23-35-59)52-24-36-60(37-25-52)66(62-40-28-54(29-41-62)57-18-11-13-47(2)45-57)63-42-30-55(31-43-63)64-19-10-8-14-48(64)3/h4-12,14-20,22-24,26,28-32,34,36-45,47-48,52-53,56,59,64H,13,21,25,27,33,35H2,1-3H3. The van der Waals surface area contributed by atoms with Crippen LogP contribution in [0.4, 0.5) is 11.4 Å². The van der Waals surface area contributed by atoms with Crippen LogP contribution in [0.5, 0.6) is 0 Å². The molecular weight excluding hydrogens is 797 g/mol. The maximum absolute atomic E-state index is 2.65. The summed E-state index contributed by atoms with van der Waals surface area (Å²) in [5.41, 5.74) is 15.8. The minimum Gasteiger partial charge on any atom is -0.338 e. The second-order valence-corrected chi connectivity index (χ2v) is 19.3. The Hall–Kier alpha value is -6.64. The van der Waals surface area contributed by atoms with Crippen molar-refractivity contribution in [1.29, 1.82) is 0 Å². The van der Waals surface area contributed by atoms with Gasteiger partial charge in [0.15, 0.2) is 0 Å². The summed E-state index contributed by atoms with van der Waals surface area (Å²) >= 11 is 0. The van der Waals surface area contributed by atoms with E-state index in [4.69, 9.17) is 0 Å². The van der Waals surface area contributed by atoms with Gasteiger partial charge in [-0.1, -0.05) is 196 Å². The summed E-state index contributed by atoms with van der Waals surface area (Å²) < 4.78 is 0. The number of nitrogens with zero attached hydrogens (tertiary/aromatic N) is 2. The van der Waals surface area contributed by atoms with E-state index in [1.807, 2.05) is 0 Å². The monoisotopic (exact) mass is 861 g/mol. The van der Waals surface area contributed by atoms with Crippen molar-refractivity contribution in [1.82, 2.24) is 4.90 Å². The van der Waals surface area contributed by atoms with E-state index in [0.717, 1.165) is 38.5 Å². The van der Waals surface area contributed by atoms with Gasteiger partial charge in [0.25, 0.3) is 0 Å². The predicted molar refractivity (Wildman–Crippen MR) is 281 cm³/mol. The maximum Gasteiger partial charge on any atom is 0.0556 e. The van der Waals surface area contributed by atoms with Crippen molar-refractivity contribution in [3.63, 3.8) is 0 Å². The first kappa shape index (κ1) is 43.3. The molecule has 3 aromatic carbocycles. The van der Waals surface area contributed by atoms with Gasteiger partial charge in [-0.15, -0.1) is 0 Å². The van der Waals surface area contributed by atoms with Crippen molar-refractivity contribution >= 4 is 22.5 Å². The fourth-order valence-electron chi connectivity index (χ4n) is 10.8. The Bertz CT molecular complexity index is 2740. The van der Waals surface area contributed by atoms with Crippen molar-refractivity contribution in [3.8, 4) is 0 Å². The number of benzene rings is 3. The van der Waals surface area contributed by atoms with Crippen LogP contribution in [0.2, 0.25) is 0 Å². The molecule has 3 aromatic rings. The number of allylic oxidation sites excluding steroid dienone is 26. The largest absolute Gasteiger partial charge is 0.338 e. The molecule has 66 heavy (non-hydrogen) atoms. The molecule has 0 aliphatic heterocycles. The molecule has 2 heteroatoms. The number of hydrogen-bond acceptors (Lipinski definition) is 2. The number of anilines is 2. The topological polar surface area (TPSA) is 6.48 Å². The zero-order valence-electron chi connectivity index (χ0n) is 39.0. The van der Waals surface area contributed by atoms with Crippen molar-refractivity contribution < 1.29 is 0 Å². The molecule has 7 unspecified atom stereocenters. The minimum absolute atomic E-state index is 0.259. The summed E-state index contributed by atoms with van der Waals surface area (Å²) in [6, 6.07) is 29.6. The highest BCUT2D eigenvalue weighted by molar-refractivity contribution is 5.78. The molecule has 7 aliphatic rings. The van der Waals surface area contributed by atoms with E-state index in [9.17, 15) is 0 Å². The van der Waals surface area contributed by atoms with Crippen LogP contribution in [0.3, 0.4) is 0 Å². The first-order chi connectivity index (χ1) is 32.4. The summed E-state index contributed by atoms with van der Waals surface area (Å²) in [4.78, 5) is 5.09. The zero-order chi connectivity index (χ0) is 44.8. The molecule has 0 N–H and O–H groups in total. The van der Waals surface area contributed by atoms with E-state index in [1.54, 1.807) is 0 Å². The molecular formula is C64H64N2. The lowest BCUT2D eigenvalue weighted by Crippen LogP contribution is -2.34. The van der Waals surface area contributed by atoms with Crippen LogP contribution in [-0.4, -0.2) is 10.9 Å². The summed E-state index contributed by atoms with van der Waals surface area (Å²) in [5, 5.41) is 0. The second-order valence-electron chi connectivity index (χ2n) is 19.3. The molecule has 0 aromatic heterocycles. The fourth-order valence-corrected chi connectivity index (χ4v) is 10.8. The lowest BCUT2D eigenvalue weighted by atomic mass is 9.84. The maximum atomic E-state index is 2.65. The van der Waals surface area contributed by atoms with Crippen LogP contribution >= 0.6 is 0 Å². The summed E-state index contributed by atoms with van der Waals surface area (Å²) in [6.07, 6.45) is 60.4. The van der Waals surface area contributed by atoms with Gasteiger partial charge in [0.05, 0.1) is 6.04 Å². The summed E-state index contributed by atoms with van der Waals surface area (Å²) in [6.45, 7) is 6.83. The molecule has 0 spiro atoms. The van der Waals surface area contributed by atoms with Crippen LogP contribution in [0.25, 0.3) is 11.1 Å². The Labute approximate surface area is 394 Å². The molecule has 0 saturated carbocycles. The van der Waals surface area contributed by atoms with E-state index >= 15 is 0 Å². The summed E-state index contributed by atoms with van der Waals surface area (Å²) in [7, 11) is 0. The molecule has 0 bridgehead atoms. The van der Waals surface area contributed by atoms with Crippen molar-refractivity contribution in [2.24, 2.45) is 29.6 Å². The average Bonchev–Trinajstić information content (AvgIpc) is 3.60. The SMILES string of the molecule is CC1=CC(C2C=CC(N(C3=CC=C(c4ccccc4)CC3)C3C=CC(C4C=CC(N(c5ccc(C6=CC(C)CC=C6)cc5)c5ccc(C6C=CC=CC6C)cc5)=CC4)=CC3)=CC2)C=CC=C1. The van der Waals surface area contributed by atoms with Gasteiger partial charge in [-0.3, -0.25) is 0 Å². The van der Waals surface area contributed by atoms with Crippen LogP contribution in [0.1, 0.15) is 81.9 Å². The van der Waals surface area contributed by atoms with Gasteiger partial charge in [-0.2, -0.15) is 0 Å². The van der Waals surface area contributed by atoms with Gasteiger partial charge in [-0.25, -0.2) is 0 Å². The van der Waals surface area contributed by atoms with Gasteiger partial charge >= 0.3 is 0 Å². The molecule has 7 aliphatic carbocycles.